The maximum Gasteiger partial charge on any atom is 0.255 e. The summed E-state index contributed by atoms with van der Waals surface area (Å²) < 4.78 is 7.54. The van der Waals surface area contributed by atoms with Crippen LogP contribution in [-0.2, 0) is 30.7 Å². The normalized spacial score (nSPS) is 27.1. The zero-order chi connectivity index (χ0) is 20.1. The molecule has 4 aliphatic heterocycles. The fourth-order valence-corrected chi connectivity index (χ4v) is 5.99. The number of aromatic nitrogens is 1. The molecule has 0 saturated carbocycles. The molecule has 2 fully saturated rings. The maximum atomic E-state index is 13.4. The molecule has 158 valence electrons. The number of pyridine rings is 1. The van der Waals surface area contributed by atoms with Crippen LogP contribution in [-0.4, -0.2) is 59.8 Å². The number of hydrogen-bond acceptors (Lipinski definition) is 4. The molecule has 2 atom stereocenters. The lowest BCUT2D eigenvalue weighted by Crippen LogP contribution is -2.56. The minimum Gasteiger partial charge on any atom is -0.378 e. The summed E-state index contributed by atoms with van der Waals surface area (Å²) in [5.41, 5.74) is 5.42. The molecule has 30 heavy (non-hydrogen) atoms. The van der Waals surface area contributed by atoms with Crippen LogP contribution >= 0.6 is 0 Å². The van der Waals surface area contributed by atoms with Gasteiger partial charge in [0.25, 0.3) is 5.56 Å². The first-order valence-electron chi connectivity index (χ1n) is 11.6. The Morgan fingerprint density at radius 1 is 0.933 bits per heavy atom. The van der Waals surface area contributed by atoms with Crippen LogP contribution in [0.5, 0.6) is 0 Å². The van der Waals surface area contributed by atoms with Crippen molar-refractivity contribution in [1.29, 1.82) is 0 Å². The first-order valence-corrected chi connectivity index (χ1v) is 11.6. The number of nitrogens with zero attached hydrogens (tertiary/aromatic N) is 3. The van der Waals surface area contributed by atoms with E-state index in [0.717, 1.165) is 70.9 Å². The van der Waals surface area contributed by atoms with Crippen LogP contribution in [0.15, 0.2) is 41.2 Å². The summed E-state index contributed by atoms with van der Waals surface area (Å²) in [5.74, 6) is 1.09. The highest BCUT2D eigenvalue weighted by molar-refractivity contribution is 5.29. The van der Waals surface area contributed by atoms with Crippen molar-refractivity contribution in [1.82, 2.24) is 14.4 Å². The van der Waals surface area contributed by atoms with Gasteiger partial charge in [-0.1, -0.05) is 30.3 Å². The van der Waals surface area contributed by atoms with E-state index in [1.165, 1.54) is 23.2 Å². The van der Waals surface area contributed by atoms with E-state index in [-0.39, 0.29) is 5.56 Å². The second kappa shape index (κ2) is 7.63. The van der Waals surface area contributed by atoms with Crippen LogP contribution in [0.3, 0.4) is 0 Å². The van der Waals surface area contributed by atoms with Crippen molar-refractivity contribution in [3.05, 3.63) is 69.1 Å². The quantitative estimate of drug-likeness (QED) is 0.785. The van der Waals surface area contributed by atoms with Gasteiger partial charge in [-0.25, -0.2) is 0 Å². The average Bonchev–Trinajstić information content (AvgIpc) is 2.92. The van der Waals surface area contributed by atoms with Crippen molar-refractivity contribution >= 4 is 0 Å². The van der Waals surface area contributed by atoms with E-state index in [9.17, 15) is 4.79 Å². The zero-order valence-corrected chi connectivity index (χ0v) is 17.6. The Morgan fingerprint density at radius 3 is 2.40 bits per heavy atom. The van der Waals surface area contributed by atoms with Gasteiger partial charge in [-0.05, 0) is 42.4 Å². The number of hydrogen-bond donors (Lipinski definition) is 0. The van der Waals surface area contributed by atoms with Gasteiger partial charge in [0.1, 0.15) is 0 Å². The number of ether oxygens (including phenoxy) is 1. The summed E-state index contributed by atoms with van der Waals surface area (Å²) in [7, 11) is 0. The standard InChI is InChI=1S/C25H31N3O2/c29-25-21(14-26-9-7-19-3-1-2-4-20(19)8-10-26)5-6-24-22-11-18(13-28(24)25)12-27(15-22)23-16-30-17-23/h1-6,18,22-23H,7-17H2/t18-,22+/m0/s1. The Balaban J connectivity index is 1.20. The highest BCUT2D eigenvalue weighted by Gasteiger charge is 2.39. The van der Waals surface area contributed by atoms with Gasteiger partial charge in [-0.3, -0.25) is 14.6 Å². The van der Waals surface area contributed by atoms with E-state index in [2.05, 4.69) is 50.8 Å². The Kier molecular flexibility index (Phi) is 4.78. The number of piperidine rings is 1. The van der Waals surface area contributed by atoms with Gasteiger partial charge < -0.3 is 9.30 Å². The van der Waals surface area contributed by atoms with Gasteiger partial charge in [0.05, 0.1) is 19.3 Å². The van der Waals surface area contributed by atoms with Crippen molar-refractivity contribution in [2.75, 3.05) is 39.4 Å². The number of benzene rings is 1. The maximum absolute atomic E-state index is 13.4. The molecule has 2 bridgehead atoms. The van der Waals surface area contributed by atoms with E-state index in [1.54, 1.807) is 0 Å². The van der Waals surface area contributed by atoms with Gasteiger partial charge >= 0.3 is 0 Å². The van der Waals surface area contributed by atoms with E-state index >= 15 is 0 Å². The molecule has 2 aromatic rings. The predicted octanol–water partition coefficient (Wildman–Crippen LogP) is 2.27. The molecular weight excluding hydrogens is 374 g/mol. The molecule has 0 spiro atoms. The van der Waals surface area contributed by atoms with Gasteiger partial charge in [0, 0.05) is 56.4 Å². The van der Waals surface area contributed by atoms with Gasteiger partial charge in [0.2, 0.25) is 0 Å². The van der Waals surface area contributed by atoms with Crippen molar-refractivity contribution in [3.63, 3.8) is 0 Å². The minimum atomic E-state index is 0.254. The Hall–Kier alpha value is -1.95. The predicted molar refractivity (Wildman–Crippen MR) is 117 cm³/mol. The number of fused-ring (bicyclic) bond motifs is 5. The zero-order valence-electron chi connectivity index (χ0n) is 17.6. The molecule has 1 aromatic heterocycles. The third-order valence-electron chi connectivity index (χ3n) is 7.76. The molecule has 2 saturated heterocycles. The van der Waals surface area contributed by atoms with E-state index in [0.29, 0.717) is 17.9 Å². The van der Waals surface area contributed by atoms with Crippen molar-refractivity contribution in [3.8, 4) is 0 Å². The fraction of sp³-hybridized carbons (Fsp3) is 0.560. The molecule has 1 aromatic carbocycles. The average molecular weight is 406 g/mol. The molecule has 0 radical (unpaired) electrons. The lowest BCUT2D eigenvalue weighted by atomic mass is 9.82. The highest BCUT2D eigenvalue weighted by atomic mass is 16.5. The molecule has 5 heteroatoms. The lowest BCUT2D eigenvalue weighted by Gasteiger charge is -2.47. The monoisotopic (exact) mass is 405 g/mol. The molecule has 0 amide bonds. The Labute approximate surface area is 178 Å². The summed E-state index contributed by atoms with van der Waals surface area (Å²) in [4.78, 5) is 18.5. The van der Waals surface area contributed by atoms with Gasteiger partial charge in [0.15, 0.2) is 0 Å². The lowest BCUT2D eigenvalue weighted by molar-refractivity contribution is -0.0827. The molecule has 5 heterocycles. The summed E-state index contributed by atoms with van der Waals surface area (Å²) in [6.45, 7) is 7.67. The molecule has 0 aliphatic carbocycles. The SMILES string of the molecule is O=c1c(CN2CCc3ccccc3CC2)ccc2n1C[C@H]1C[C@@H]2CN(C2COC2)C1. The van der Waals surface area contributed by atoms with Crippen LogP contribution in [0, 0.1) is 5.92 Å². The van der Waals surface area contributed by atoms with Crippen LogP contribution in [0.1, 0.15) is 34.7 Å². The smallest absolute Gasteiger partial charge is 0.255 e. The summed E-state index contributed by atoms with van der Waals surface area (Å²) >= 11 is 0. The first-order chi connectivity index (χ1) is 14.7. The molecular formula is C25H31N3O2. The van der Waals surface area contributed by atoms with Gasteiger partial charge in [-0.2, -0.15) is 0 Å². The van der Waals surface area contributed by atoms with E-state index < -0.39 is 0 Å². The second-order valence-electron chi connectivity index (χ2n) is 9.69. The topological polar surface area (TPSA) is 37.7 Å². The Morgan fingerprint density at radius 2 is 1.70 bits per heavy atom. The third kappa shape index (κ3) is 3.33. The number of likely N-dealkylation sites (tertiary alicyclic amines) is 1. The summed E-state index contributed by atoms with van der Waals surface area (Å²) in [5, 5.41) is 0. The van der Waals surface area contributed by atoms with Crippen LogP contribution in [0.4, 0.5) is 0 Å². The largest absolute Gasteiger partial charge is 0.378 e. The molecule has 6 rings (SSSR count). The Bertz CT molecular complexity index is 969. The third-order valence-corrected chi connectivity index (χ3v) is 7.76. The molecule has 4 aliphatic rings. The fourth-order valence-electron chi connectivity index (χ4n) is 5.99. The second-order valence-corrected chi connectivity index (χ2v) is 9.69. The molecule has 0 N–H and O–H groups in total. The summed E-state index contributed by atoms with van der Waals surface area (Å²) in [6.07, 6.45) is 3.38. The van der Waals surface area contributed by atoms with Crippen molar-refractivity contribution in [2.45, 2.75) is 44.3 Å². The van der Waals surface area contributed by atoms with E-state index in [1.807, 2.05) is 0 Å². The minimum absolute atomic E-state index is 0.254. The van der Waals surface area contributed by atoms with Crippen LogP contribution in [0.25, 0.3) is 0 Å². The van der Waals surface area contributed by atoms with Crippen LogP contribution in [0.2, 0.25) is 0 Å². The van der Waals surface area contributed by atoms with Crippen molar-refractivity contribution < 1.29 is 4.74 Å². The molecule has 0 unspecified atom stereocenters. The van der Waals surface area contributed by atoms with E-state index in [4.69, 9.17) is 4.74 Å². The summed E-state index contributed by atoms with van der Waals surface area (Å²) in [6, 6.07) is 13.8. The van der Waals surface area contributed by atoms with Crippen LogP contribution < -0.4 is 5.56 Å². The number of rotatable bonds is 3. The van der Waals surface area contributed by atoms with Gasteiger partial charge in [-0.15, -0.1) is 0 Å². The molecule has 5 nitrogen and oxygen atoms in total. The highest BCUT2D eigenvalue weighted by Crippen LogP contribution is 2.36. The first kappa shape index (κ1) is 18.8. The van der Waals surface area contributed by atoms with Crippen molar-refractivity contribution in [2.24, 2.45) is 5.92 Å².